The molecule has 0 bridgehead atoms. The molecule has 0 aliphatic carbocycles. The van der Waals surface area contributed by atoms with Crippen LogP contribution >= 0.6 is 0 Å². The summed E-state index contributed by atoms with van der Waals surface area (Å²) in [6.07, 6.45) is 0. The standard InChI is InChI=1S/C37H23N3O/c1-2-10-26(11-3-1)35-38-36(27-20-17-25(18-21-27)29-22-19-24-9-4-5-12-28(24)23-29)40-37(39-35)31-14-8-16-33-34(31)30-13-6-7-15-32(30)41-33/h1-23H/i17D,18D,20D,21D. The quantitative estimate of drug-likeness (QED) is 0.228. The summed E-state index contributed by atoms with van der Waals surface area (Å²) < 4.78 is 42.3. The Kier molecular flexibility index (Phi) is 4.53. The molecule has 0 saturated carbocycles. The third-order valence-electron chi connectivity index (χ3n) is 7.20. The fourth-order valence-corrected chi connectivity index (χ4v) is 5.20. The molecule has 0 saturated heterocycles. The summed E-state index contributed by atoms with van der Waals surface area (Å²) in [4.78, 5) is 14.4. The minimum atomic E-state index is -0.220. The van der Waals surface area contributed by atoms with Crippen molar-refractivity contribution in [2.45, 2.75) is 0 Å². The van der Waals surface area contributed by atoms with E-state index in [0.717, 1.165) is 32.7 Å². The maximum atomic E-state index is 9.08. The Morgan fingerprint density at radius 2 is 1.12 bits per heavy atom. The third kappa shape index (κ3) is 4.14. The van der Waals surface area contributed by atoms with Crippen LogP contribution in [0.15, 0.2) is 144 Å². The van der Waals surface area contributed by atoms with Gasteiger partial charge in [-0.1, -0.05) is 121 Å². The second-order valence-electron chi connectivity index (χ2n) is 9.76. The van der Waals surface area contributed by atoms with E-state index in [0.29, 0.717) is 28.4 Å². The molecule has 0 spiro atoms. The Labute approximate surface area is 242 Å². The van der Waals surface area contributed by atoms with E-state index in [-0.39, 0.29) is 41.1 Å². The van der Waals surface area contributed by atoms with Crippen LogP contribution in [0.3, 0.4) is 0 Å². The van der Waals surface area contributed by atoms with Gasteiger partial charge in [-0.15, -0.1) is 0 Å². The van der Waals surface area contributed by atoms with Crippen LogP contribution in [0.25, 0.3) is 78.0 Å². The van der Waals surface area contributed by atoms with Gasteiger partial charge in [0.1, 0.15) is 11.2 Å². The zero-order valence-electron chi connectivity index (χ0n) is 25.7. The number of para-hydroxylation sites is 1. The van der Waals surface area contributed by atoms with Crippen molar-refractivity contribution in [3.05, 3.63) is 139 Å². The largest absolute Gasteiger partial charge is 0.456 e. The number of nitrogens with zero attached hydrogens (tertiary/aromatic N) is 3. The Hall–Kier alpha value is -5.61. The first-order valence-corrected chi connectivity index (χ1v) is 13.3. The van der Waals surface area contributed by atoms with Crippen molar-refractivity contribution in [2.24, 2.45) is 0 Å². The van der Waals surface area contributed by atoms with Crippen molar-refractivity contribution in [1.29, 1.82) is 0 Å². The van der Waals surface area contributed by atoms with Gasteiger partial charge in [0.05, 0.1) is 5.48 Å². The number of fused-ring (bicyclic) bond motifs is 4. The first-order valence-electron chi connectivity index (χ1n) is 15.3. The lowest BCUT2D eigenvalue weighted by molar-refractivity contribution is 0.669. The van der Waals surface area contributed by atoms with E-state index in [1.54, 1.807) is 0 Å². The summed E-state index contributed by atoms with van der Waals surface area (Å²) in [6, 6.07) is 35.6. The van der Waals surface area contributed by atoms with Gasteiger partial charge < -0.3 is 4.42 Å². The number of aromatic nitrogens is 3. The molecule has 0 unspecified atom stereocenters. The Morgan fingerprint density at radius 1 is 0.463 bits per heavy atom. The minimum Gasteiger partial charge on any atom is -0.456 e. The molecule has 2 aromatic heterocycles. The summed E-state index contributed by atoms with van der Waals surface area (Å²) in [5.41, 5.74) is 3.71. The van der Waals surface area contributed by atoms with Gasteiger partial charge >= 0.3 is 0 Å². The molecule has 0 fully saturated rings. The van der Waals surface area contributed by atoms with Crippen LogP contribution in [0.5, 0.6) is 0 Å². The van der Waals surface area contributed by atoms with Crippen molar-refractivity contribution in [1.82, 2.24) is 15.0 Å². The summed E-state index contributed by atoms with van der Waals surface area (Å²) in [5.74, 6) is 0.757. The smallest absolute Gasteiger partial charge is 0.164 e. The van der Waals surface area contributed by atoms with Crippen LogP contribution < -0.4 is 0 Å². The van der Waals surface area contributed by atoms with Crippen molar-refractivity contribution < 1.29 is 9.90 Å². The molecule has 0 aliphatic rings. The molecule has 4 nitrogen and oxygen atoms in total. The van der Waals surface area contributed by atoms with E-state index in [1.165, 1.54) is 0 Å². The van der Waals surface area contributed by atoms with Crippen molar-refractivity contribution >= 4 is 32.7 Å². The molecule has 6 aromatic carbocycles. The van der Waals surface area contributed by atoms with Crippen molar-refractivity contribution in [3.8, 4) is 45.3 Å². The Morgan fingerprint density at radius 3 is 1.98 bits per heavy atom. The van der Waals surface area contributed by atoms with Crippen LogP contribution in [-0.2, 0) is 0 Å². The van der Waals surface area contributed by atoms with Crippen molar-refractivity contribution in [3.63, 3.8) is 0 Å². The van der Waals surface area contributed by atoms with E-state index >= 15 is 0 Å². The highest BCUT2D eigenvalue weighted by Gasteiger charge is 2.17. The van der Waals surface area contributed by atoms with Gasteiger partial charge in [-0.05, 0) is 40.1 Å². The van der Waals surface area contributed by atoms with E-state index in [2.05, 4.69) is 0 Å². The lowest BCUT2D eigenvalue weighted by Gasteiger charge is -2.10. The molecule has 8 rings (SSSR count). The molecular weight excluding hydrogens is 502 g/mol. The first kappa shape index (κ1) is 19.4. The van der Waals surface area contributed by atoms with E-state index in [1.807, 2.05) is 115 Å². The van der Waals surface area contributed by atoms with Crippen LogP contribution in [0.1, 0.15) is 5.48 Å². The number of hydrogen-bond donors (Lipinski definition) is 0. The lowest BCUT2D eigenvalue weighted by Crippen LogP contribution is -2.00. The molecule has 2 heterocycles. The average Bonchev–Trinajstić information content (AvgIpc) is 3.47. The van der Waals surface area contributed by atoms with Gasteiger partial charge in [0.2, 0.25) is 0 Å². The predicted octanol–water partition coefficient (Wildman–Crippen LogP) is 9.59. The van der Waals surface area contributed by atoms with Crippen LogP contribution in [0.4, 0.5) is 0 Å². The fraction of sp³-hybridized carbons (Fsp3) is 0. The first-order chi connectivity index (χ1) is 22.0. The van der Waals surface area contributed by atoms with Gasteiger partial charge in [0, 0.05) is 27.5 Å². The maximum Gasteiger partial charge on any atom is 0.164 e. The van der Waals surface area contributed by atoms with E-state index < -0.39 is 0 Å². The van der Waals surface area contributed by atoms with Gasteiger partial charge in [0.25, 0.3) is 0 Å². The lowest BCUT2D eigenvalue weighted by atomic mass is 10.00. The molecule has 192 valence electrons. The molecule has 0 amide bonds. The second kappa shape index (κ2) is 9.54. The highest BCUT2D eigenvalue weighted by molar-refractivity contribution is 6.11. The summed E-state index contributed by atoms with van der Waals surface area (Å²) >= 11 is 0. The Bertz CT molecular complexity index is 2410. The van der Waals surface area contributed by atoms with E-state index in [9.17, 15) is 0 Å². The highest BCUT2D eigenvalue weighted by atomic mass is 16.3. The summed E-state index contributed by atoms with van der Waals surface area (Å²) in [5, 5.41) is 3.73. The molecule has 0 aliphatic heterocycles. The van der Waals surface area contributed by atoms with Gasteiger partial charge in [-0.2, -0.15) is 0 Å². The third-order valence-corrected chi connectivity index (χ3v) is 7.20. The maximum absolute atomic E-state index is 9.08. The SMILES string of the molecule is [2H]c1c([2H])c(-c2nc(-c3ccccc3)nc(-c3cccc4oc5ccccc5c34)n2)c([2H])c([2H])c1-c1ccc2ccccc2c1. The summed E-state index contributed by atoms with van der Waals surface area (Å²) in [6.45, 7) is 0. The van der Waals surface area contributed by atoms with Crippen LogP contribution in [0, 0.1) is 0 Å². The van der Waals surface area contributed by atoms with Crippen LogP contribution in [-0.4, -0.2) is 15.0 Å². The molecule has 0 atom stereocenters. The number of rotatable bonds is 4. The van der Waals surface area contributed by atoms with Gasteiger partial charge in [0.15, 0.2) is 17.5 Å². The molecule has 0 radical (unpaired) electrons. The van der Waals surface area contributed by atoms with Gasteiger partial charge in [-0.3, -0.25) is 0 Å². The number of benzene rings is 6. The fourth-order valence-electron chi connectivity index (χ4n) is 5.20. The number of hydrogen-bond acceptors (Lipinski definition) is 4. The zero-order chi connectivity index (χ0) is 30.7. The van der Waals surface area contributed by atoms with Crippen LogP contribution in [0.2, 0.25) is 0 Å². The normalized spacial score (nSPS) is 12.8. The molecule has 8 aromatic rings. The highest BCUT2D eigenvalue weighted by Crippen LogP contribution is 2.36. The molecule has 0 N–H and O–H groups in total. The molecular formula is C37H23N3O. The summed E-state index contributed by atoms with van der Waals surface area (Å²) in [7, 11) is 0. The van der Waals surface area contributed by atoms with E-state index in [4.69, 9.17) is 24.9 Å². The molecule has 41 heavy (non-hydrogen) atoms. The number of furan rings is 1. The zero-order valence-corrected chi connectivity index (χ0v) is 21.7. The topological polar surface area (TPSA) is 51.8 Å². The van der Waals surface area contributed by atoms with Crippen molar-refractivity contribution in [2.75, 3.05) is 0 Å². The Balaban J connectivity index is 1.38. The van der Waals surface area contributed by atoms with Gasteiger partial charge in [-0.25, -0.2) is 15.0 Å². The average molecular weight is 530 g/mol. The minimum absolute atomic E-state index is 0.0135. The molecule has 4 heteroatoms. The monoisotopic (exact) mass is 529 g/mol. The predicted molar refractivity (Wildman–Crippen MR) is 166 cm³/mol. The second-order valence-corrected chi connectivity index (χ2v) is 9.76.